The van der Waals surface area contributed by atoms with Crippen LogP contribution in [0.4, 0.5) is 0 Å². The van der Waals surface area contributed by atoms with E-state index in [4.69, 9.17) is 9.47 Å². The van der Waals surface area contributed by atoms with Gasteiger partial charge >= 0.3 is 0 Å². The Balaban J connectivity index is 2.49. The van der Waals surface area contributed by atoms with E-state index in [1.165, 1.54) is 0 Å². The number of amides is 1. The fraction of sp³-hybridized carbons (Fsp3) is 0.944. The second-order valence-electron chi connectivity index (χ2n) is 7.80. The number of piperazine rings is 1. The molecule has 1 aliphatic heterocycles. The zero-order chi connectivity index (χ0) is 17.5. The van der Waals surface area contributed by atoms with Gasteiger partial charge in [-0.3, -0.25) is 9.69 Å². The summed E-state index contributed by atoms with van der Waals surface area (Å²) in [4.78, 5) is 16.5. The molecule has 0 spiro atoms. The number of hydrogen-bond acceptors (Lipinski definition) is 4. The Morgan fingerprint density at radius 3 is 2.04 bits per heavy atom. The molecule has 0 aromatic rings. The van der Waals surface area contributed by atoms with Gasteiger partial charge in [0.1, 0.15) is 6.61 Å². The van der Waals surface area contributed by atoms with E-state index in [-0.39, 0.29) is 23.5 Å². The molecule has 136 valence electrons. The van der Waals surface area contributed by atoms with Crippen molar-refractivity contribution in [2.75, 3.05) is 52.6 Å². The van der Waals surface area contributed by atoms with Gasteiger partial charge in [0.25, 0.3) is 0 Å². The Bertz CT molecular complexity index is 361. The van der Waals surface area contributed by atoms with Crippen LogP contribution in [-0.4, -0.2) is 73.9 Å². The number of nitrogens with zero attached hydrogens (tertiary/aromatic N) is 2. The highest BCUT2D eigenvalue weighted by Crippen LogP contribution is 2.32. The van der Waals surface area contributed by atoms with E-state index in [2.05, 4.69) is 32.6 Å². The third-order valence-electron chi connectivity index (χ3n) is 4.53. The summed E-state index contributed by atoms with van der Waals surface area (Å²) in [5.74, 6) is 0.112. The minimum absolute atomic E-state index is 0.107. The van der Waals surface area contributed by atoms with Crippen LogP contribution in [0, 0.1) is 5.41 Å². The van der Waals surface area contributed by atoms with Crippen molar-refractivity contribution in [2.45, 2.75) is 53.5 Å². The minimum atomic E-state index is 0.107. The fourth-order valence-corrected chi connectivity index (χ4v) is 3.55. The van der Waals surface area contributed by atoms with Crippen molar-refractivity contribution < 1.29 is 14.3 Å². The van der Waals surface area contributed by atoms with Gasteiger partial charge in [-0.2, -0.15) is 0 Å². The van der Waals surface area contributed by atoms with Gasteiger partial charge < -0.3 is 14.4 Å². The zero-order valence-electron chi connectivity index (χ0n) is 16.0. The van der Waals surface area contributed by atoms with Crippen molar-refractivity contribution >= 4 is 5.91 Å². The van der Waals surface area contributed by atoms with Gasteiger partial charge in [-0.25, -0.2) is 0 Å². The highest BCUT2D eigenvalue weighted by atomic mass is 16.5. The van der Waals surface area contributed by atoms with E-state index in [9.17, 15) is 4.79 Å². The smallest absolute Gasteiger partial charge is 0.248 e. The highest BCUT2D eigenvalue weighted by Gasteiger charge is 2.35. The largest absolute Gasteiger partial charge is 0.381 e. The maximum absolute atomic E-state index is 12.0. The van der Waals surface area contributed by atoms with Gasteiger partial charge in [0.2, 0.25) is 5.91 Å². The first-order valence-electron chi connectivity index (χ1n) is 8.90. The van der Waals surface area contributed by atoms with Crippen LogP contribution in [0.2, 0.25) is 0 Å². The highest BCUT2D eigenvalue weighted by molar-refractivity contribution is 5.77. The third-order valence-corrected chi connectivity index (χ3v) is 4.53. The van der Waals surface area contributed by atoms with Crippen LogP contribution < -0.4 is 0 Å². The predicted molar refractivity (Wildman–Crippen MR) is 93.6 cm³/mol. The van der Waals surface area contributed by atoms with Crippen molar-refractivity contribution in [1.29, 1.82) is 0 Å². The van der Waals surface area contributed by atoms with E-state index in [1.807, 2.05) is 18.7 Å². The van der Waals surface area contributed by atoms with Crippen molar-refractivity contribution in [1.82, 2.24) is 9.80 Å². The molecule has 1 aliphatic rings. The van der Waals surface area contributed by atoms with Gasteiger partial charge in [0.05, 0.1) is 6.61 Å². The summed E-state index contributed by atoms with van der Waals surface area (Å²) in [6, 6.07) is 0. The summed E-state index contributed by atoms with van der Waals surface area (Å²) in [6.07, 6.45) is 1.08. The van der Waals surface area contributed by atoms with E-state index < -0.39 is 0 Å². The van der Waals surface area contributed by atoms with Crippen LogP contribution in [-0.2, 0) is 14.3 Å². The third kappa shape index (κ3) is 6.77. The Morgan fingerprint density at radius 1 is 0.957 bits per heavy atom. The molecule has 1 heterocycles. The second kappa shape index (κ2) is 9.00. The Labute approximate surface area is 142 Å². The molecule has 0 bridgehead atoms. The molecule has 1 rings (SSSR count). The first-order chi connectivity index (χ1) is 10.7. The molecular weight excluding hydrogens is 292 g/mol. The topological polar surface area (TPSA) is 42.0 Å². The molecule has 0 aromatic carbocycles. The number of rotatable bonds is 9. The molecule has 5 heteroatoms. The van der Waals surface area contributed by atoms with Gasteiger partial charge in [-0.05, 0) is 39.5 Å². The maximum atomic E-state index is 12.0. The van der Waals surface area contributed by atoms with Gasteiger partial charge in [-0.1, -0.05) is 13.8 Å². The summed E-state index contributed by atoms with van der Waals surface area (Å²) in [7, 11) is 0. The number of ether oxygens (including phenoxy) is 2. The summed E-state index contributed by atoms with van der Waals surface area (Å²) >= 11 is 0. The predicted octanol–water partition coefficient (Wildman–Crippen LogP) is 2.40. The van der Waals surface area contributed by atoms with Crippen LogP contribution in [0.5, 0.6) is 0 Å². The van der Waals surface area contributed by atoms with Crippen LogP contribution >= 0.6 is 0 Å². The normalized spacial score (nSPS) is 17.6. The van der Waals surface area contributed by atoms with Crippen LogP contribution in [0.3, 0.4) is 0 Å². The number of carbonyl (C=O) groups excluding carboxylic acids is 1. The lowest BCUT2D eigenvalue weighted by Gasteiger charge is -2.47. The maximum Gasteiger partial charge on any atom is 0.248 e. The molecule has 1 saturated heterocycles. The van der Waals surface area contributed by atoms with Crippen LogP contribution in [0.25, 0.3) is 0 Å². The Morgan fingerprint density at radius 2 is 1.52 bits per heavy atom. The molecule has 0 N–H and O–H groups in total. The average molecular weight is 328 g/mol. The number of hydrogen-bond donors (Lipinski definition) is 0. The van der Waals surface area contributed by atoms with E-state index in [0.717, 1.165) is 45.8 Å². The molecule has 0 unspecified atom stereocenters. The molecule has 0 atom stereocenters. The summed E-state index contributed by atoms with van der Waals surface area (Å²) in [6.45, 7) is 18.9. The van der Waals surface area contributed by atoms with Crippen molar-refractivity contribution in [2.24, 2.45) is 5.41 Å². The van der Waals surface area contributed by atoms with Crippen molar-refractivity contribution in [3.63, 3.8) is 0 Å². The van der Waals surface area contributed by atoms with Crippen molar-refractivity contribution in [3.8, 4) is 0 Å². The van der Waals surface area contributed by atoms with Gasteiger partial charge in [0.15, 0.2) is 0 Å². The van der Waals surface area contributed by atoms with Crippen LogP contribution in [0.1, 0.15) is 48.0 Å². The van der Waals surface area contributed by atoms with E-state index >= 15 is 0 Å². The van der Waals surface area contributed by atoms with Gasteiger partial charge in [-0.15, -0.1) is 0 Å². The monoisotopic (exact) mass is 328 g/mol. The second-order valence-corrected chi connectivity index (χ2v) is 7.80. The first kappa shape index (κ1) is 20.4. The van der Waals surface area contributed by atoms with Crippen molar-refractivity contribution in [3.05, 3.63) is 0 Å². The van der Waals surface area contributed by atoms with E-state index in [1.54, 1.807) is 0 Å². The first-order valence-corrected chi connectivity index (χ1v) is 8.90. The molecule has 5 nitrogen and oxygen atoms in total. The minimum Gasteiger partial charge on any atom is -0.381 e. The zero-order valence-corrected chi connectivity index (χ0v) is 16.0. The standard InChI is InChI=1S/C18H36N2O3/c1-7-22-13-16(21)19-9-11-20(12-10-19)18(5,6)14-17(3,4)15-23-8-2/h7-15H2,1-6H3. The lowest BCUT2D eigenvalue weighted by atomic mass is 9.79. The van der Waals surface area contributed by atoms with Gasteiger partial charge in [0, 0.05) is 44.9 Å². The van der Waals surface area contributed by atoms with E-state index in [0.29, 0.717) is 6.61 Å². The molecule has 0 aromatic heterocycles. The quantitative estimate of drug-likeness (QED) is 0.652. The molecule has 0 radical (unpaired) electrons. The van der Waals surface area contributed by atoms with Crippen LogP contribution in [0.15, 0.2) is 0 Å². The summed E-state index contributed by atoms with van der Waals surface area (Å²) in [5.41, 5.74) is 0.261. The Kier molecular flexibility index (Phi) is 7.98. The fourth-order valence-electron chi connectivity index (χ4n) is 3.55. The molecule has 0 aliphatic carbocycles. The Hall–Kier alpha value is -0.650. The molecule has 0 saturated carbocycles. The molecular formula is C18H36N2O3. The summed E-state index contributed by atoms with van der Waals surface area (Å²) < 4.78 is 10.9. The lowest BCUT2D eigenvalue weighted by Crippen LogP contribution is -2.57. The summed E-state index contributed by atoms with van der Waals surface area (Å²) in [5, 5.41) is 0. The lowest BCUT2D eigenvalue weighted by molar-refractivity contribution is -0.138. The molecule has 1 amide bonds. The SMILES string of the molecule is CCOCC(=O)N1CCN(C(C)(C)CC(C)(C)COCC)CC1. The molecule has 23 heavy (non-hydrogen) atoms. The molecule has 1 fully saturated rings. The number of carbonyl (C=O) groups is 1. The average Bonchev–Trinajstić information content (AvgIpc) is 2.49.